The molecular weight excluding hydrogens is 1330 g/mol. The van der Waals surface area contributed by atoms with Crippen LogP contribution in [0.2, 0.25) is 0 Å². The van der Waals surface area contributed by atoms with Crippen LogP contribution >= 0.6 is 0 Å². The lowest BCUT2D eigenvalue weighted by molar-refractivity contribution is 0.434. The number of halogens is 16. The number of allylic oxidation sites excluding steroid dienone is 5. The molecule has 1 aliphatic rings. The lowest BCUT2D eigenvalue weighted by Crippen LogP contribution is -2.31. The van der Waals surface area contributed by atoms with Crippen molar-refractivity contribution in [2.45, 2.75) is 0 Å². The quantitative estimate of drug-likeness (QED) is 0.0521. The van der Waals surface area contributed by atoms with E-state index >= 15 is 26.3 Å². The van der Waals surface area contributed by atoms with E-state index in [9.17, 15) is 75.5 Å². The van der Waals surface area contributed by atoms with Gasteiger partial charge in [-0.25, -0.2) is 99.9 Å². The van der Waals surface area contributed by atoms with Gasteiger partial charge < -0.3 is 9.69 Å². The molecule has 9 rings (SSSR count). The molecule has 1 aliphatic carbocycles. The summed E-state index contributed by atoms with van der Waals surface area (Å²) in [5.74, 6) is -38.4. The van der Waals surface area contributed by atoms with Crippen LogP contribution in [0.5, 0.6) is 0 Å². The minimum absolute atomic E-state index is 0.00714. The lowest BCUT2D eigenvalue weighted by atomic mass is 9.99. The summed E-state index contributed by atoms with van der Waals surface area (Å²) in [7, 11) is 0. The van der Waals surface area contributed by atoms with Crippen molar-refractivity contribution in [1.82, 2.24) is 29.9 Å². The summed E-state index contributed by atoms with van der Waals surface area (Å²) in [5.41, 5.74) is -24.9. The van der Waals surface area contributed by atoms with Crippen LogP contribution in [0.1, 0.15) is 50.6 Å². The fourth-order valence-corrected chi connectivity index (χ4v) is 8.54. The van der Waals surface area contributed by atoms with E-state index in [0.717, 1.165) is 48.6 Å². The first-order valence-corrected chi connectivity index (χ1v) is 24.2. The van der Waals surface area contributed by atoms with Gasteiger partial charge in [-0.05, 0) is 16.7 Å². The molecule has 0 aliphatic heterocycles. The molecule has 0 unspecified atom stereocenters. The third-order valence-corrected chi connectivity index (χ3v) is 12.8. The van der Waals surface area contributed by atoms with Gasteiger partial charge in [0.15, 0.2) is 116 Å². The molecule has 1 saturated carbocycles. The molecule has 0 amide bonds. The zero-order chi connectivity index (χ0) is 73.0. The SMILES string of the molecule is N#CC(C#N)=c1c(F)c(F)c(=C(C#N)C#N)c(F)c1F.[C-]#[N+]C(=C1C(=C(C#N)c2c(F)c(F)c(C#N)c(F)c2F)C1=C(C#N)c1c(F)c(F)c([N+]#[C-])c(F)c1F)c1c(F)c(F)c(C#N)c(F)c1F.[C-]#[N+]c1nc2c(nc1C#N)c1nc(C#N)c(C#N)nc1c1nc(C#N)c([N+]#[C-])nc12. The number of hydrogen-bond donors (Lipinski definition) is 0. The second-order valence-electron chi connectivity index (χ2n) is 17.6. The number of fused-ring (bicyclic) bond motifs is 6. The minimum atomic E-state index is -2.52. The molecule has 3 aromatic heterocycles. The molecule has 0 N–H and O–H groups in total. The first-order chi connectivity index (χ1) is 46.6. The van der Waals surface area contributed by atoms with Gasteiger partial charge in [0.25, 0.3) is 5.69 Å². The van der Waals surface area contributed by atoms with Gasteiger partial charge in [-0.15, -0.1) is 9.97 Å². The van der Waals surface area contributed by atoms with Crippen molar-refractivity contribution in [3.05, 3.63) is 216 Å². The highest BCUT2D eigenvalue weighted by molar-refractivity contribution is 6.19. The Morgan fingerprint density at radius 3 is 0.806 bits per heavy atom. The van der Waals surface area contributed by atoms with Crippen molar-refractivity contribution in [1.29, 1.82) is 63.1 Å². The predicted molar refractivity (Wildman–Crippen MR) is 285 cm³/mol. The number of nitrogens with zero attached hydrogens (tertiary/aromatic N) is 22. The van der Waals surface area contributed by atoms with E-state index in [2.05, 4.69) is 49.3 Å². The largest absolute Gasteiger partial charge is 0.358 e. The number of aromatic nitrogens is 6. The van der Waals surface area contributed by atoms with E-state index in [4.69, 9.17) is 57.9 Å². The summed E-state index contributed by atoms with van der Waals surface area (Å²) in [5, 5.41) is 105. The monoisotopic (exact) mass is 1330 g/mol. The molecule has 462 valence electrons. The highest BCUT2D eigenvalue weighted by Crippen LogP contribution is 2.58. The van der Waals surface area contributed by atoms with Crippen molar-refractivity contribution in [3.63, 3.8) is 0 Å². The van der Waals surface area contributed by atoms with Crippen molar-refractivity contribution >= 4 is 78.4 Å². The Kier molecular flexibility index (Phi) is 19.2. The van der Waals surface area contributed by atoms with Crippen LogP contribution in [0, 0.1) is 255 Å². The Hall–Kier alpha value is -16.2. The van der Waals surface area contributed by atoms with Crippen LogP contribution in [0.3, 0.4) is 0 Å². The molecule has 0 atom stereocenters. The van der Waals surface area contributed by atoms with Gasteiger partial charge in [-0.2, -0.15) is 63.1 Å². The first-order valence-electron chi connectivity index (χ1n) is 24.2. The summed E-state index contributed by atoms with van der Waals surface area (Å²) in [6.45, 7) is 28.6. The topological polar surface area (TPSA) is 380 Å². The van der Waals surface area contributed by atoms with Crippen LogP contribution in [-0.4, -0.2) is 29.9 Å². The number of rotatable bonds is 3. The summed E-state index contributed by atoms with van der Waals surface area (Å²) >= 11 is 0. The summed E-state index contributed by atoms with van der Waals surface area (Å²) in [6, 6.07) is 14.9. The Labute approximate surface area is 529 Å². The molecule has 8 aromatic rings. The van der Waals surface area contributed by atoms with Crippen molar-refractivity contribution < 1.29 is 70.2 Å². The molecule has 0 saturated heterocycles. The van der Waals surface area contributed by atoms with Gasteiger partial charge in [0.2, 0.25) is 16.7 Å². The summed E-state index contributed by atoms with van der Waals surface area (Å²) < 4.78 is 232. The predicted octanol–water partition coefficient (Wildman–Crippen LogP) is 11.0. The van der Waals surface area contributed by atoms with Crippen molar-refractivity contribution in [2.75, 3.05) is 0 Å². The van der Waals surface area contributed by atoms with E-state index in [1.54, 1.807) is 24.3 Å². The molecule has 5 aromatic carbocycles. The maximum atomic E-state index is 15.0. The van der Waals surface area contributed by atoms with Gasteiger partial charge in [-0.1, -0.05) is 13.1 Å². The normalized spacial score (nSPS) is 12.1. The van der Waals surface area contributed by atoms with E-state index in [1.165, 1.54) is 0 Å². The highest BCUT2D eigenvalue weighted by atomic mass is 19.2. The molecule has 22 nitrogen and oxygen atoms in total. The van der Waals surface area contributed by atoms with Crippen LogP contribution in [0.4, 0.5) is 87.6 Å². The third-order valence-electron chi connectivity index (χ3n) is 12.8. The minimum Gasteiger partial charge on any atom is -0.358 e. The maximum absolute atomic E-state index is 15.0. The Bertz CT molecular complexity index is 5310. The molecule has 0 bridgehead atoms. The third kappa shape index (κ3) is 10.8. The average Bonchev–Trinajstić information content (AvgIpc) is 1.63. The molecule has 1 fully saturated rings. The van der Waals surface area contributed by atoms with E-state index in [0.29, 0.717) is 0 Å². The second-order valence-corrected chi connectivity index (χ2v) is 17.6. The van der Waals surface area contributed by atoms with E-state index in [1.807, 2.05) is 0 Å². The van der Waals surface area contributed by atoms with Gasteiger partial charge in [0.1, 0.15) is 117 Å². The second kappa shape index (κ2) is 27.1. The Balaban J connectivity index is 0.000000229. The van der Waals surface area contributed by atoms with Gasteiger partial charge in [-0.3, -0.25) is 0 Å². The summed E-state index contributed by atoms with van der Waals surface area (Å²) in [4.78, 5) is 36.0. The standard InChI is InChI=1S/C30F12N6.C18N12.C12F4N4/c1-47-29(16-25(39)19(33)10(6-46)20(34)26(16)40)15-11(7(3-43)13-21(35)17(31)9(5-45)18(32)22(13)36)12(15)8(4-44)14-23(37)27(41)30(48-2)28(42)24(14)38;1-23-17-9(5-21)27-13-11-12(26-8(4-20)7(3-19)25-11)14-16(15(13)29-17)30-18(24-2)10(6-22)28-14;13-9-7(5(1-17)2-18)10(14)12(16)8(11(9)15)6(3-19)4-20. The molecule has 98 heavy (non-hydrogen) atoms. The maximum Gasteiger partial charge on any atom is 0.307 e. The fraction of sp³-hybridized carbons (Fsp3) is 0. The number of hydrogen-bond acceptors (Lipinski definition) is 18. The molecular formula is C60F16N22. The van der Waals surface area contributed by atoms with Crippen LogP contribution in [-0.2, 0) is 0 Å². The van der Waals surface area contributed by atoms with Gasteiger partial charge in [0.05, 0.1) is 51.4 Å². The zero-order valence-electron chi connectivity index (χ0n) is 45.9. The van der Waals surface area contributed by atoms with E-state index < -0.39 is 182 Å². The smallest absolute Gasteiger partial charge is 0.307 e. The molecule has 0 spiro atoms. The Morgan fingerprint density at radius 1 is 0.286 bits per heavy atom. The molecule has 3 heterocycles. The summed E-state index contributed by atoms with van der Waals surface area (Å²) in [6.07, 6.45) is 0. The van der Waals surface area contributed by atoms with Crippen molar-refractivity contribution in [3.8, 4) is 72.8 Å². The highest BCUT2D eigenvalue weighted by Gasteiger charge is 2.46. The zero-order valence-corrected chi connectivity index (χ0v) is 45.9. The van der Waals surface area contributed by atoms with Crippen LogP contribution < -0.4 is 10.4 Å². The first kappa shape index (κ1) is 69.3. The van der Waals surface area contributed by atoms with Crippen LogP contribution in [0.25, 0.3) is 80.5 Å². The van der Waals surface area contributed by atoms with Gasteiger partial charge in [0, 0.05) is 0 Å². The van der Waals surface area contributed by atoms with Crippen LogP contribution in [0.15, 0.2) is 16.7 Å². The van der Waals surface area contributed by atoms with Gasteiger partial charge >= 0.3 is 11.6 Å². The van der Waals surface area contributed by atoms with Crippen molar-refractivity contribution in [2.24, 2.45) is 0 Å². The molecule has 38 heteroatoms. The number of nitriles is 12. The Morgan fingerprint density at radius 2 is 0.561 bits per heavy atom. The average molecular weight is 1330 g/mol. The lowest BCUT2D eigenvalue weighted by Gasteiger charge is -2.08. The molecule has 0 radical (unpaired) electrons. The fourth-order valence-electron chi connectivity index (χ4n) is 8.54. The number of benzene rings is 5. The van der Waals surface area contributed by atoms with E-state index in [-0.39, 0.29) is 67.5 Å².